The topological polar surface area (TPSA) is 9.23 Å². The van der Waals surface area contributed by atoms with Crippen LogP contribution in [0, 0.1) is 6.42 Å². The average Bonchev–Trinajstić information content (AvgIpc) is 2.07. The zero-order valence-corrected chi connectivity index (χ0v) is 7.05. The van der Waals surface area contributed by atoms with Crippen molar-refractivity contribution in [1.82, 2.24) is 0 Å². The molecule has 61 valence electrons. The first kappa shape index (κ1) is 8.38. The molecule has 1 aliphatic carbocycles. The Hall–Kier alpha value is -0.720. The lowest BCUT2D eigenvalue weighted by Gasteiger charge is -2.08. The highest BCUT2D eigenvalue weighted by molar-refractivity contribution is 5.21. The van der Waals surface area contributed by atoms with Crippen LogP contribution in [0.25, 0.3) is 0 Å². The molecule has 0 fully saturated rings. The van der Waals surface area contributed by atoms with Gasteiger partial charge in [-0.3, -0.25) is 0 Å². The van der Waals surface area contributed by atoms with Gasteiger partial charge in [0.05, 0.1) is 6.61 Å². The van der Waals surface area contributed by atoms with E-state index in [1.807, 2.05) is 12.2 Å². The summed E-state index contributed by atoms with van der Waals surface area (Å²) in [6, 6.07) is 0. The third kappa shape index (κ3) is 3.26. The number of allylic oxidation sites excluding steroid dienone is 3. The monoisotopic (exact) mass is 151 g/mol. The van der Waals surface area contributed by atoms with Crippen LogP contribution in [0.4, 0.5) is 0 Å². The summed E-state index contributed by atoms with van der Waals surface area (Å²) < 4.78 is 5.48. The summed E-state index contributed by atoms with van der Waals surface area (Å²) >= 11 is 0. The van der Waals surface area contributed by atoms with Crippen LogP contribution in [0.5, 0.6) is 0 Å². The van der Waals surface area contributed by atoms with E-state index in [2.05, 4.69) is 19.4 Å². The molecule has 0 aromatic carbocycles. The van der Waals surface area contributed by atoms with E-state index in [4.69, 9.17) is 4.74 Å². The van der Waals surface area contributed by atoms with E-state index in [1.54, 1.807) is 0 Å². The van der Waals surface area contributed by atoms with Crippen molar-refractivity contribution in [2.75, 3.05) is 6.61 Å². The lowest BCUT2D eigenvalue weighted by Crippen LogP contribution is -1.94. The highest BCUT2D eigenvalue weighted by Gasteiger charge is 1.96. The predicted octanol–water partition coefficient (Wildman–Crippen LogP) is 2.85. The van der Waals surface area contributed by atoms with Gasteiger partial charge in [0, 0.05) is 0 Å². The Morgan fingerprint density at radius 3 is 3.09 bits per heavy atom. The van der Waals surface area contributed by atoms with Gasteiger partial charge < -0.3 is 4.74 Å². The number of hydrogen-bond donors (Lipinski definition) is 0. The quantitative estimate of drug-likeness (QED) is 0.561. The fourth-order valence-electron chi connectivity index (χ4n) is 0.935. The molecule has 0 saturated carbocycles. The molecule has 0 aromatic heterocycles. The van der Waals surface area contributed by atoms with Crippen molar-refractivity contribution in [3.63, 3.8) is 0 Å². The Morgan fingerprint density at radius 2 is 2.45 bits per heavy atom. The average molecular weight is 151 g/mol. The molecule has 0 spiro atoms. The van der Waals surface area contributed by atoms with Crippen LogP contribution in [0.1, 0.15) is 26.2 Å². The Balaban J connectivity index is 2.15. The first-order valence-electron chi connectivity index (χ1n) is 4.26. The maximum Gasteiger partial charge on any atom is 0.115 e. The van der Waals surface area contributed by atoms with E-state index in [0.717, 1.165) is 25.2 Å². The van der Waals surface area contributed by atoms with E-state index in [-0.39, 0.29) is 0 Å². The van der Waals surface area contributed by atoms with Crippen molar-refractivity contribution < 1.29 is 4.74 Å². The zero-order valence-electron chi connectivity index (χ0n) is 7.05. The van der Waals surface area contributed by atoms with Gasteiger partial charge in [-0.15, -0.1) is 0 Å². The van der Waals surface area contributed by atoms with Crippen LogP contribution in [0.2, 0.25) is 0 Å². The van der Waals surface area contributed by atoms with Gasteiger partial charge in [-0.05, 0) is 31.4 Å². The van der Waals surface area contributed by atoms with Crippen molar-refractivity contribution in [3.8, 4) is 0 Å². The van der Waals surface area contributed by atoms with Gasteiger partial charge in [-0.25, -0.2) is 0 Å². The molecule has 0 atom stereocenters. The first-order chi connectivity index (χ1) is 5.43. The Labute approximate surface area is 68.8 Å². The summed E-state index contributed by atoms with van der Waals surface area (Å²) in [4.78, 5) is 0. The molecule has 0 aliphatic heterocycles. The van der Waals surface area contributed by atoms with Crippen LogP contribution in [-0.2, 0) is 4.74 Å². The Morgan fingerprint density at radius 1 is 1.55 bits per heavy atom. The largest absolute Gasteiger partial charge is 0.494 e. The molecule has 1 heteroatoms. The van der Waals surface area contributed by atoms with E-state index >= 15 is 0 Å². The maximum atomic E-state index is 5.48. The normalized spacial score (nSPS) is 16.3. The zero-order chi connectivity index (χ0) is 7.94. The van der Waals surface area contributed by atoms with Gasteiger partial charge in [-0.2, -0.15) is 0 Å². The van der Waals surface area contributed by atoms with Crippen LogP contribution in [0.3, 0.4) is 0 Å². The lowest BCUT2D eigenvalue weighted by atomic mass is 10.2. The van der Waals surface area contributed by atoms with Gasteiger partial charge in [0.15, 0.2) is 0 Å². The summed E-state index contributed by atoms with van der Waals surface area (Å²) in [6.45, 7) is 3.02. The fraction of sp³-hybridized carbons (Fsp3) is 0.500. The second-order valence-corrected chi connectivity index (χ2v) is 2.64. The summed E-state index contributed by atoms with van der Waals surface area (Å²) in [6.07, 6.45) is 11.6. The molecule has 0 heterocycles. The Kier molecular flexibility index (Phi) is 3.81. The lowest BCUT2D eigenvalue weighted by molar-refractivity contribution is 0.218. The second-order valence-electron chi connectivity index (χ2n) is 2.64. The number of rotatable bonds is 4. The molecule has 11 heavy (non-hydrogen) atoms. The molecule has 0 unspecified atom stereocenters. The van der Waals surface area contributed by atoms with Gasteiger partial charge in [0.1, 0.15) is 5.76 Å². The van der Waals surface area contributed by atoms with E-state index in [0.29, 0.717) is 0 Å². The van der Waals surface area contributed by atoms with Gasteiger partial charge in [0.2, 0.25) is 0 Å². The third-order valence-electron chi connectivity index (χ3n) is 1.62. The van der Waals surface area contributed by atoms with Crippen molar-refractivity contribution in [2.24, 2.45) is 0 Å². The number of ether oxygens (including phenoxy) is 1. The summed E-state index contributed by atoms with van der Waals surface area (Å²) in [7, 11) is 0. The summed E-state index contributed by atoms with van der Waals surface area (Å²) in [5.74, 6) is 1.03. The van der Waals surface area contributed by atoms with Gasteiger partial charge >= 0.3 is 0 Å². The highest BCUT2D eigenvalue weighted by atomic mass is 16.5. The smallest absolute Gasteiger partial charge is 0.115 e. The molecule has 1 aliphatic rings. The predicted molar refractivity (Wildman–Crippen MR) is 47.0 cm³/mol. The van der Waals surface area contributed by atoms with Gasteiger partial charge in [0.25, 0.3) is 0 Å². The summed E-state index contributed by atoms with van der Waals surface area (Å²) in [5.41, 5.74) is 0. The number of hydrogen-bond acceptors (Lipinski definition) is 1. The first-order valence-corrected chi connectivity index (χ1v) is 4.26. The fourth-order valence-corrected chi connectivity index (χ4v) is 0.935. The van der Waals surface area contributed by atoms with E-state index < -0.39 is 0 Å². The molecular weight excluding hydrogens is 136 g/mol. The highest BCUT2D eigenvalue weighted by Crippen LogP contribution is 2.10. The van der Waals surface area contributed by atoms with Gasteiger partial charge in [-0.1, -0.05) is 19.4 Å². The maximum absolute atomic E-state index is 5.48. The third-order valence-corrected chi connectivity index (χ3v) is 1.62. The molecule has 0 N–H and O–H groups in total. The van der Waals surface area contributed by atoms with Crippen LogP contribution in [-0.4, -0.2) is 6.61 Å². The van der Waals surface area contributed by atoms with Crippen molar-refractivity contribution in [2.45, 2.75) is 26.2 Å². The minimum absolute atomic E-state index is 0.854. The Bertz CT molecular complexity index is 156. The SMILES string of the molecule is CCCCOC1=CC[CH]C=C1. The molecule has 1 rings (SSSR count). The van der Waals surface area contributed by atoms with Crippen molar-refractivity contribution in [3.05, 3.63) is 30.4 Å². The second kappa shape index (κ2) is 5.00. The standard InChI is InChI=1S/C10H15O/c1-2-3-9-11-10-7-5-4-6-8-10/h4-5,7-8H,2-3,6,9H2,1H3. The van der Waals surface area contributed by atoms with E-state index in [9.17, 15) is 0 Å². The molecule has 0 bridgehead atoms. The van der Waals surface area contributed by atoms with Crippen LogP contribution in [0.15, 0.2) is 24.0 Å². The van der Waals surface area contributed by atoms with Crippen LogP contribution >= 0.6 is 0 Å². The molecular formula is C10H15O. The van der Waals surface area contributed by atoms with Crippen molar-refractivity contribution >= 4 is 0 Å². The van der Waals surface area contributed by atoms with Crippen molar-refractivity contribution in [1.29, 1.82) is 0 Å². The minimum Gasteiger partial charge on any atom is -0.494 e. The molecule has 0 aromatic rings. The molecule has 1 nitrogen and oxygen atoms in total. The summed E-state index contributed by atoms with van der Waals surface area (Å²) in [5, 5.41) is 0. The van der Waals surface area contributed by atoms with Crippen LogP contribution < -0.4 is 0 Å². The number of unbranched alkanes of at least 4 members (excludes halogenated alkanes) is 1. The van der Waals surface area contributed by atoms with E-state index in [1.165, 1.54) is 6.42 Å². The minimum atomic E-state index is 0.854. The molecule has 1 radical (unpaired) electrons. The molecule has 0 amide bonds. The molecule has 0 saturated heterocycles.